The van der Waals surface area contributed by atoms with Crippen molar-refractivity contribution < 1.29 is 13.2 Å². The van der Waals surface area contributed by atoms with Crippen molar-refractivity contribution in [3.05, 3.63) is 57.5 Å². The Morgan fingerprint density at radius 3 is 2.20 bits per heavy atom. The Kier molecular flexibility index (Phi) is 3.44. The minimum absolute atomic E-state index is 0.0885. The van der Waals surface area contributed by atoms with Gasteiger partial charge in [0.25, 0.3) is 5.56 Å². The van der Waals surface area contributed by atoms with Gasteiger partial charge in [0.15, 0.2) is 0 Å². The molecule has 1 aromatic carbocycles. The lowest BCUT2D eigenvalue weighted by Gasteiger charge is -2.09. The predicted molar refractivity (Wildman–Crippen MR) is 70.1 cm³/mol. The van der Waals surface area contributed by atoms with E-state index in [4.69, 9.17) is 11.5 Å². The molecular formula is C13H12F3N3O. The van der Waals surface area contributed by atoms with Gasteiger partial charge in [0.1, 0.15) is 5.69 Å². The maximum absolute atomic E-state index is 12.4. The summed E-state index contributed by atoms with van der Waals surface area (Å²) in [7, 11) is 0. The molecule has 0 amide bonds. The molecule has 0 spiro atoms. The fourth-order valence-electron chi connectivity index (χ4n) is 1.78. The van der Waals surface area contributed by atoms with E-state index >= 15 is 0 Å². The number of aromatic nitrogens is 1. The molecule has 106 valence electrons. The van der Waals surface area contributed by atoms with Gasteiger partial charge in [0.05, 0.1) is 11.3 Å². The summed E-state index contributed by atoms with van der Waals surface area (Å²) in [5.74, 6) is 0. The van der Waals surface area contributed by atoms with Gasteiger partial charge in [-0.05, 0) is 23.3 Å². The molecule has 5 N–H and O–H groups in total. The molecule has 0 bridgehead atoms. The smallest absolute Gasteiger partial charge is 0.397 e. The Morgan fingerprint density at radius 2 is 1.65 bits per heavy atom. The zero-order valence-electron chi connectivity index (χ0n) is 10.3. The molecule has 0 saturated heterocycles. The van der Waals surface area contributed by atoms with Gasteiger partial charge >= 0.3 is 6.18 Å². The summed E-state index contributed by atoms with van der Waals surface area (Å²) < 4.78 is 37.3. The lowest BCUT2D eigenvalue weighted by molar-refractivity contribution is -0.137. The van der Waals surface area contributed by atoms with Crippen molar-refractivity contribution in [2.75, 3.05) is 11.5 Å². The molecule has 7 heteroatoms. The Hall–Kier alpha value is -2.44. The van der Waals surface area contributed by atoms with Crippen molar-refractivity contribution in [3.8, 4) is 0 Å². The summed E-state index contributed by atoms with van der Waals surface area (Å²) in [6, 6.07) is 4.73. The lowest BCUT2D eigenvalue weighted by Crippen LogP contribution is -2.15. The maximum atomic E-state index is 12.4. The first-order valence-electron chi connectivity index (χ1n) is 5.70. The highest BCUT2D eigenvalue weighted by molar-refractivity contribution is 5.66. The third-order valence-electron chi connectivity index (χ3n) is 2.93. The highest BCUT2D eigenvalue weighted by Gasteiger charge is 2.29. The van der Waals surface area contributed by atoms with E-state index < -0.39 is 17.3 Å². The van der Waals surface area contributed by atoms with Crippen molar-refractivity contribution in [1.82, 2.24) is 4.98 Å². The molecule has 0 aliphatic heterocycles. The first-order chi connectivity index (χ1) is 9.29. The SMILES string of the molecule is Nc1c(Cc2ccc(C(F)(F)F)cc2)c[nH]c(=O)c1N. The largest absolute Gasteiger partial charge is 0.416 e. The molecule has 0 fully saturated rings. The number of nitrogens with one attached hydrogen (secondary N) is 1. The number of aromatic amines is 1. The summed E-state index contributed by atoms with van der Waals surface area (Å²) in [6.45, 7) is 0. The van der Waals surface area contributed by atoms with Crippen molar-refractivity contribution in [2.24, 2.45) is 0 Å². The van der Waals surface area contributed by atoms with Gasteiger partial charge in [-0.3, -0.25) is 4.79 Å². The number of benzene rings is 1. The lowest BCUT2D eigenvalue weighted by atomic mass is 10.0. The van der Waals surface area contributed by atoms with Gasteiger partial charge in [0, 0.05) is 12.6 Å². The van der Waals surface area contributed by atoms with Crippen LogP contribution in [0.1, 0.15) is 16.7 Å². The minimum atomic E-state index is -4.36. The molecule has 0 radical (unpaired) electrons. The van der Waals surface area contributed by atoms with Crippen LogP contribution in [0.15, 0.2) is 35.3 Å². The highest BCUT2D eigenvalue weighted by Crippen LogP contribution is 2.29. The van der Waals surface area contributed by atoms with Gasteiger partial charge < -0.3 is 16.5 Å². The Bertz CT molecular complexity index is 675. The van der Waals surface area contributed by atoms with Crippen LogP contribution in [-0.2, 0) is 12.6 Å². The fourth-order valence-corrected chi connectivity index (χ4v) is 1.78. The second-order valence-electron chi connectivity index (χ2n) is 4.34. The van der Waals surface area contributed by atoms with Crippen LogP contribution in [0.5, 0.6) is 0 Å². The van der Waals surface area contributed by atoms with Crippen molar-refractivity contribution >= 4 is 11.4 Å². The number of rotatable bonds is 2. The van der Waals surface area contributed by atoms with Crippen LogP contribution in [0.25, 0.3) is 0 Å². The van der Waals surface area contributed by atoms with Crippen LogP contribution < -0.4 is 17.0 Å². The minimum Gasteiger partial charge on any atom is -0.397 e. The molecule has 2 aromatic rings. The van der Waals surface area contributed by atoms with Crippen molar-refractivity contribution in [2.45, 2.75) is 12.6 Å². The van der Waals surface area contributed by atoms with Gasteiger partial charge in [-0.25, -0.2) is 0 Å². The van der Waals surface area contributed by atoms with Gasteiger partial charge in [-0.1, -0.05) is 12.1 Å². The molecule has 20 heavy (non-hydrogen) atoms. The zero-order chi connectivity index (χ0) is 14.9. The third-order valence-corrected chi connectivity index (χ3v) is 2.93. The van der Waals surface area contributed by atoms with Gasteiger partial charge in [-0.15, -0.1) is 0 Å². The zero-order valence-corrected chi connectivity index (χ0v) is 10.3. The summed E-state index contributed by atoms with van der Waals surface area (Å²) in [6.07, 6.45) is -2.67. The first-order valence-corrected chi connectivity index (χ1v) is 5.70. The van der Waals surface area contributed by atoms with E-state index in [1.807, 2.05) is 0 Å². The number of hydrogen-bond acceptors (Lipinski definition) is 3. The molecule has 4 nitrogen and oxygen atoms in total. The number of hydrogen-bond donors (Lipinski definition) is 3. The normalized spacial score (nSPS) is 11.6. The summed E-state index contributed by atoms with van der Waals surface area (Å²) in [4.78, 5) is 13.6. The fraction of sp³-hybridized carbons (Fsp3) is 0.154. The number of alkyl halides is 3. The first kappa shape index (κ1) is 14.0. The summed E-state index contributed by atoms with van der Waals surface area (Å²) in [5.41, 5.74) is 11.3. The second kappa shape index (κ2) is 4.92. The molecule has 2 rings (SSSR count). The average Bonchev–Trinajstić information content (AvgIpc) is 2.39. The molecule has 0 unspecified atom stereocenters. The van der Waals surface area contributed by atoms with Crippen LogP contribution in [0, 0.1) is 0 Å². The maximum Gasteiger partial charge on any atom is 0.416 e. The van der Waals surface area contributed by atoms with E-state index in [1.54, 1.807) is 0 Å². The van der Waals surface area contributed by atoms with E-state index in [9.17, 15) is 18.0 Å². The molecule has 0 aliphatic rings. The van der Waals surface area contributed by atoms with Crippen molar-refractivity contribution in [1.29, 1.82) is 0 Å². The van der Waals surface area contributed by atoms with E-state index in [0.29, 0.717) is 11.1 Å². The average molecular weight is 283 g/mol. The predicted octanol–water partition coefficient (Wildman–Crippen LogP) is 2.15. The van der Waals surface area contributed by atoms with Gasteiger partial charge in [-0.2, -0.15) is 13.2 Å². The number of halogens is 3. The second-order valence-corrected chi connectivity index (χ2v) is 4.34. The molecule has 0 atom stereocenters. The van der Waals surface area contributed by atoms with E-state index in [2.05, 4.69) is 4.98 Å². The van der Waals surface area contributed by atoms with Gasteiger partial charge in [0.2, 0.25) is 0 Å². The summed E-state index contributed by atoms with van der Waals surface area (Å²) in [5, 5.41) is 0. The van der Waals surface area contributed by atoms with Crippen molar-refractivity contribution in [3.63, 3.8) is 0 Å². The van der Waals surface area contributed by atoms with E-state index in [1.165, 1.54) is 18.3 Å². The number of anilines is 2. The molecule has 0 aliphatic carbocycles. The topological polar surface area (TPSA) is 84.9 Å². The van der Waals surface area contributed by atoms with Crippen LogP contribution in [0.4, 0.5) is 24.5 Å². The monoisotopic (exact) mass is 283 g/mol. The third kappa shape index (κ3) is 2.76. The number of H-pyrrole nitrogens is 1. The van der Waals surface area contributed by atoms with Crippen LogP contribution in [0.2, 0.25) is 0 Å². The number of nitrogens with two attached hydrogens (primary N) is 2. The number of nitrogen functional groups attached to an aromatic ring is 2. The Morgan fingerprint density at radius 1 is 1.05 bits per heavy atom. The van der Waals surface area contributed by atoms with E-state index in [-0.39, 0.29) is 17.8 Å². The van der Waals surface area contributed by atoms with E-state index in [0.717, 1.165) is 12.1 Å². The molecule has 1 heterocycles. The molecule has 0 saturated carbocycles. The Balaban J connectivity index is 2.27. The van der Waals surface area contributed by atoms with Crippen LogP contribution >= 0.6 is 0 Å². The highest BCUT2D eigenvalue weighted by atomic mass is 19.4. The standard InChI is InChI=1S/C13H12F3N3O/c14-13(15,16)9-3-1-7(2-4-9)5-8-6-19-12(20)11(18)10(8)17/h1-4,6H,5,18H2,(H3,17,19,20). The van der Waals surface area contributed by atoms with Crippen LogP contribution in [0.3, 0.4) is 0 Å². The summed E-state index contributed by atoms with van der Waals surface area (Å²) >= 11 is 0. The molecular weight excluding hydrogens is 271 g/mol. The quantitative estimate of drug-likeness (QED) is 0.789. The Labute approximate surface area is 112 Å². The van der Waals surface area contributed by atoms with Crippen LogP contribution in [-0.4, -0.2) is 4.98 Å². The molecule has 1 aromatic heterocycles. The number of pyridine rings is 1.